The quantitative estimate of drug-likeness (QED) is 0.716. The Morgan fingerprint density at radius 2 is 2.08 bits per heavy atom. The predicted molar refractivity (Wildman–Crippen MR) is 105 cm³/mol. The molecule has 1 aliphatic rings. The molecule has 0 spiro atoms. The molecule has 3 rings (SSSR count). The van der Waals surface area contributed by atoms with E-state index >= 15 is 0 Å². The lowest BCUT2D eigenvalue weighted by Gasteiger charge is -2.22. The van der Waals surface area contributed by atoms with Crippen LogP contribution in [0, 0.1) is 6.92 Å². The highest BCUT2D eigenvalue weighted by atomic mass is 32.1. The van der Waals surface area contributed by atoms with E-state index in [9.17, 15) is 4.79 Å². The Morgan fingerprint density at radius 1 is 1.29 bits per heavy atom. The Labute approximate surface area is 151 Å². The highest BCUT2D eigenvalue weighted by molar-refractivity contribution is 7.78. The van der Waals surface area contributed by atoms with Gasteiger partial charge in [-0.15, -0.1) is 0 Å². The Morgan fingerprint density at radius 3 is 2.75 bits per heavy atom. The lowest BCUT2D eigenvalue weighted by Crippen LogP contribution is -2.32. The fourth-order valence-corrected chi connectivity index (χ4v) is 3.76. The third-order valence-corrected chi connectivity index (χ3v) is 5.03. The lowest BCUT2D eigenvalue weighted by atomic mass is 10.0. The molecule has 2 N–H and O–H groups in total. The molecular weight excluding hydrogens is 340 g/mol. The van der Waals surface area contributed by atoms with Gasteiger partial charge >= 0.3 is 6.03 Å². The van der Waals surface area contributed by atoms with Crippen LogP contribution in [0.25, 0.3) is 5.70 Å². The van der Waals surface area contributed by atoms with Gasteiger partial charge in [-0.2, -0.15) is 11.3 Å². The third-order valence-electron chi connectivity index (χ3n) is 4.12. The normalized spacial score (nSPS) is 15.1. The molecule has 2 aromatic rings. The maximum Gasteiger partial charge on any atom is 0.329 e. The van der Waals surface area contributed by atoms with Crippen molar-refractivity contribution in [1.29, 1.82) is 0 Å². The molecule has 2 amide bonds. The number of carbonyl (C=O) groups excluding carboxylic acids is 1. The van der Waals surface area contributed by atoms with Crippen molar-refractivity contribution in [1.82, 2.24) is 10.0 Å². The number of rotatable bonds is 5. The van der Waals surface area contributed by atoms with Gasteiger partial charge in [0.2, 0.25) is 0 Å². The summed E-state index contributed by atoms with van der Waals surface area (Å²) in [5.41, 5.74) is 4.82. The molecule has 0 radical (unpaired) electrons. The number of benzene rings is 1. The Kier molecular flexibility index (Phi) is 5.01. The third kappa shape index (κ3) is 2.97. The van der Waals surface area contributed by atoms with E-state index in [-0.39, 0.29) is 6.03 Å². The number of amides is 2. The van der Waals surface area contributed by atoms with Gasteiger partial charge in [0.25, 0.3) is 0 Å². The summed E-state index contributed by atoms with van der Waals surface area (Å²) < 4.78 is 2.90. The highest BCUT2D eigenvalue weighted by Gasteiger charge is 2.32. The van der Waals surface area contributed by atoms with Crippen LogP contribution in [0.1, 0.15) is 11.1 Å². The Hall–Kier alpha value is -2.12. The number of urea groups is 1. The van der Waals surface area contributed by atoms with Crippen LogP contribution < -0.4 is 19.8 Å². The van der Waals surface area contributed by atoms with Gasteiger partial charge in [0.15, 0.2) is 0 Å². The maximum atomic E-state index is 12.8. The van der Waals surface area contributed by atoms with E-state index in [0.29, 0.717) is 13.1 Å². The molecule has 0 aliphatic carbocycles. The first kappa shape index (κ1) is 16.7. The number of nitrogens with zero attached hydrogens (tertiary/aromatic N) is 2. The average Bonchev–Trinajstić information content (AvgIpc) is 3.23. The van der Waals surface area contributed by atoms with Gasteiger partial charge in [-0.25, -0.2) is 4.79 Å². The summed E-state index contributed by atoms with van der Waals surface area (Å²) in [6, 6.07) is 7.97. The van der Waals surface area contributed by atoms with E-state index in [2.05, 4.69) is 22.9 Å². The molecule has 7 heteroatoms. The molecule has 1 fully saturated rings. The first-order valence-corrected chi connectivity index (χ1v) is 9.05. The summed E-state index contributed by atoms with van der Waals surface area (Å²) >= 11 is 5.78. The largest absolute Gasteiger partial charge is 0.392 e. The summed E-state index contributed by atoms with van der Waals surface area (Å²) in [5.74, 6) is 0. The van der Waals surface area contributed by atoms with Crippen molar-refractivity contribution >= 4 is 47.3 Å². The minimum absolute atomic E-state index is 0.0200. The highest BCUT2D eigenvalue weighted by Crippen LogP contribution is 2.31. The lowest BCUT2D eigenvalue weighted by molar-refractivity contribution is 0.256. The van der Waals surface area contributed by atoms with Gasteiger partial charge < -0.3 is 10.0 Å². The second kappa shape index (κ2) is 7.19. The van der Waals surface area contributed by atoms with Crippen molar-refractivity contribution < 1.29 is 4.79 Å². The fraction of sp³-hybridized carbons (Fsp3) is 0.235. The molecular formula is C17H20N4OS2. The Balaban J connectivity index is 1.93. The van der Waals surface area contributed by atoms with E-state index in [1.165, 1.54) is 0 Å². The first-order valence-electron chi connectivity index (χ1n) is 7.66. The zero-order chi connectivity index (χ0) is 17.1. The summed E-state index contributed by atoms with van der Waals surface area (Å²) in [4.78, 5) is 16.5. The van der Waals surface area contributed by atoms with Crippen molar-refractivity contribution in [3.8, 4) is 0 Å². The summed E-state index contributed by atoms with van der Waals surface area (Å²) in [5, 5.41) is 7.00. The van der Waals surface area contributed by atoms with Crippen molar-refractivity contribution in [2.75, 3.05) is 29.9 Å². The molecule has 0 unspecified atom stereocenters. The number of nitrogens with one attached hydrogen (secondary N) is 2. The van der Waals surface area contributed by atoms with Crippen LogP contribution in [-0.4, -0.2) is 26.2 Å². The SMILES string of the molecule is CN/C=C(\NS)c1cccc(N2CCN(c3ccsc3)C2=O)c1C. The number of thiol groups is 1. The molecule has 126 valence electrons. The van der Waals surface area contributed by atoms with Crippen LogP contribution in [0.3, 0.4) is 0 Å². The van der Waals surface area contributed by atoms with Crippen LogP contribution in [-0.2, 0) is 0 Å². The molecule has 0 bridgehead atoms. The minimum Gasteiger partial charge on any atom is -0.392 e. The smallest absolute Gasteiger partial charge is 0.329 e. The zero-order valence-corrected chi connectivity index (χ0v) is 15.3. The van der Waals surface area contributed by atoms with Crippen molar-refractivity contribution in [3.63, 3.8) is 0 Å². The van der Waals surface area contributed by atoms with Gasteiger partial charge in [-0.05, 0) is 30.0 Å². The van der Waals surface area contributed by atoms with Crippen LogP contribution in [0.2, 0.25) is 0 Å². The average molecular weight is 361 g/mol. The Bertz CT molecular complexity index is 758. The summed E-state index contributed by atoms with van der Waals surface area (Å²) in [6.07, 6.45) is 1.85. The van der Waals surface area contributed by atoms with Gasteiger partial charge in [-0.3, -0.25) is 9.80 Å². The molecule has 1 saturated heterocycles. The zero-order valence-electron chi connectivity index (χ0n) is 13.6. The second-order valence-corrected chi connectivity index (χ2v) is 6.48. The molecule has 0 atom stereocenters. The maximum absolute atomic E-state index is 12.8. The second-order valence-electron chi connectivity index (χ2n) is 5.48. The standard InChI is InChI=1S/C17H20N4OS2/c1-12-14(15(19-23)10-18-2)4-3-5-16(12)21-8-7-20(17(21)22)13-6-9-24-11-13/h3-6,9-11,18-19,23H,7-8H2,1-2H3/b15-10-. The van der Waals surface area contributed by atoms with E-state index in [1.807, 2.05) is 65.0 Å². The monoisotopic (exact) mass is 360 g/mol. The molecule has 0 saturated carbocycles. The summed E-state index contributed by atoms with van der Waals surface area (Å²) in [6.45, 7) is 3.40. The van der Waals surface area contributed by atoms with Gasteiger partial charge in [-0.1, -0.05) is 24.9 Å². The number of anilines is 2. The van der Waals surface area contributed by atoms with Gasteiger partial charge in [0.1, 0.15) is 0 Å². The minimum atomic E-state index is 0.0200. The van der Waals surface area contributed by atoms with E-state index < -0.39 is 0 Å². The van der Waals surface area contributed by atoms with Crippen LogP contribution in [0.4, 0.5) is 16.2 Å². The number of carbonyl (C=O) groups is 1. The van der Waals surface area contributed by atoms with Gasteiger partial charge in [0.05, 0.1) is 11.4 Å². The van der Waals surface area contributed by atoms with Gasteiger partial charge in [0, 0.05) is 43.0 Å². The molecule has 1 aromatic heterocycles. The molecule has 24 heavy (non-hydrogen) atoms. The number of hydrogen-bond acceptors (Lipinski definition) is 5. The molecule has 5 nitrogen and oxygen atoms in total. The fourth-order valence-electron chi connectivity index (χ4n) is 2.93. The topological polar surface area (TPSA) is 47.6 Å². The van der Waals surface area contributed by atoms with E-state index in [4.69, 9.17) is 0 Å². The van der Waals surface area contributed by atoms with Crippen LogP contribution in [0.15, 0.2) is 41.2 Å². The molecule has 1 aromatic carbocycles. The van der Waals surface area contributed by atoms with Crippen molar-refractivity contribution in [2.24, 2.45) is 0 Å². The first-order chi connectivity index (χ1) is 11.7. The van der Waals surface area contributed by atoms with Crippen molar-refractivity contribution in [2.45, 2.75) is 6.92 Å². The van der Waals surface area contributed by atoms with Crippen LogP contribution >= 0.6 is 24.2 Å². The predicted octanol–water partition coefficient (Wildman–Crippen LogP) is 3.46. The van der Waals surface area contributed by atoms with Crippen LogP contribution in [0.5, 0.6) is 0 Å². The molecule has 1 aliphatic heterocycles. The number of hydrogen-bond donors (Lipinski definition) is 3. The number of thiophene rings is 1. The van der Waals surface area contributed by atoms with Crippen molar-refractivity contribution in [3.05, 3.63) is 52.4 Å². The van der Waals surface area contributed by atoms with E-state index in [0.717, 1.165) is 28.2 Å². The van der Waals surface area contributed by atoms with E-state index in [1.54, 1.807) is 11.3 Å². The summed E-state index contributed by atoms with van der Waals surface area (Å²) in [7, 11) is 1.84. The molecule has 2 heterocycles.